The molecule has 1 fully saturated rings. The van der Waals surface area contributed by atoms with Crippen molar-refractivity contribution < 1.29 is 14.0 Å². The first-order valence-electron chi connectivity index (χ1n) is 9.00. The number of urea groups is 2. The van der Waals surface area contributed by atoms with Crippen LogP contribution in [0.1, 0.15) is 12.0 Å². The number of hydrogen-bond donors (Lipinski definition) is 2. The second-order valence-electron chi connectivity index (χ2n) is 6.41. The highest BCUT2D eigenvalue weighted by molar-refractivity contribution is 5.89. The Morgan fingerprint density at radius 3 is 2.15 bits per heavy atom. The minimum atomic E-state index is -0.347. The van der Waals surface area contributed by atoms with Gasteiger partial charge in [-0.25, -0.2) is 14.0 Å². The van der Waals surface area contributed by atoms with Gasteiger partial charge in [-0.05, 0) is 36.2 Å². The van der Waals surface area contributed by atoms with E-state index in [2.05, 4.69) is 10.6 Å². The van der Waals surface area contributed by atoms with Gasteiger partial charge in [0.25, 0.3) is 0 Å². The van der Waals surface area contributed by atoms with Gasteiger partial charge in [-0.2, -0.15) is 0 Å². The number of anilines is 1. The third kappa shape index (κ3) is 5.44. The second-order valence-corrected chi connectivity index (χ2v) is 6.41. The average Bonchev–Trinajstić information content (AvgIpc) is 2.95. The Morgan fingerprint density at radius 2 is 1.48 bits per heavy atom. The molecule has 1 heterocycles. The van der Waals surface area contributed by atoms with E-state index >= 15 is 0 Å². The van der Waals surface area contributed by atoms with Crippen LogP contribution in [0.2, 0.25) is 0 Å². The fourth-order valence-corrected chi connectivity index (χ4v) is 2.94. The fourth-order valence-electron chi connectivity index (χ4n) is 2.94. The van der Waals surface area contributed by atoms with Crippen LogP contribution < -0.4 is 10.6 Å². The van der Waals surface area contributed by atoms with Crippen LogP contribution in [0.25, 0.3) is 0 Å². The summed E-state index contributed by atoms with van der Waals surface area (Å²) in [4.78, 5) is 28.2. The van der Waals surface area contributed by atoms with E-state index in [1.54, 1.807) is 9.80 Å². The molecule has 0 aliphatic carbocycles. The molecule has 6 nitrogen and oxygen atoms in total. The minimum absolute atomic E-state index is 0.125. The van der Waals surface area contributed by atoms with Gasteiger partial charge < -0.3 is 20.4 Å². The van der Waals surface area contributed by atoms with Crippen molar-refractivity contribution >= 4 is 17.7 Å². The summed E-state index contributed by atoms with van der Waals surface area (Å²) in [5, 5.41) is 5.68. The Kier molecular flexibility index (Phi) is 6.25. The molecule has 142 valence electrons. The van der Waals surface area contributed by atoms with Gasteiger partial charge in [0.1, 0.15) is 5.82 Å². The van der Waals surface area contributed by atoms with Crippen molar-refractivity contribution in [2.75, 3.05) is 31.5 Å². The number of benzene rings is 2. The first kappa shape index (κ1) is 18.7. The zero-order valence-corrected chi connectivity index (χ0v) is 15.0. The molecule has 27 heavy (non-hydrogen) atoms. The molecule has 2 aromatic carbocycles. The van der Waals surface area contributed by atoms with Crippen LogP contribution in [0.15, 0.2) is 54.6 Å². The predicted octanol–water partition coefficient (Wildman–Crippen LogP) is 3.28. The molecule has 4 amide bonds. The maximum atomic E-state index is 13.0. The standard InChI is InChI=1S/C20H23FN4O2/c21-17-7-9-18(10-8-17)23-20(27)25-12-4-11-24(13-14-25)19(26)22-15-16-5-2-1-3-6-16/h1-3,5-10H,4,11-15H2,(H,22,26)(H,23,27). The van der Waals surface area contributed by atoms with Crippen molar-refractivity contribution in [3.8, 4) is 0 Å². The summed E-state index contributed by atoms with van der Waals surface area (Å²) >= 11 is 0. The van der Waals surface area contributed by atoms with Crippen molar-refractivity contribution in [3.63, 3.8) is 0 Å². The van der Waals surface area contributed by atoms with Gasteiger partial charge in [-0.1, -0.05) is 30.3 Å². The Bertz CT molecular complexity index is 767. The van der Waals surface area contributed by atoms with E-state index < -0.39 is 0 Å². The minimum Gasteiger partial charge on any atom is -0.334 e. The predicted molar refractivity (Wildman–Crippen MR) is 102 cm³/mol. The van der Waals surface area contributed by atoms with Crippen LogP contribution in [0.5, 0.6) is 0 Å². The molecule has 0 aromatic heterocycles. The van der Waals surface area contributed by atoms with E-state index in [0.29, 0.717) is 44.8 Å². The monoisotopic (exact) mass is 370 g/mol. The molecule has 0 saturated carbocycles. The molecular formula is C20H23FN4O2. The quantitative estimate of drug-likeness (QED) is 0.871. The van der Waals surface area contributed by atoms with Gasteiger partial charge in [-0.15, -0.1) is 0 Å². The number of rotatable bonds is 3. The number of nitrogens with zero attached hydrogens (tertiary/aromatic N) is 2. The molecule has 2 aromatic rings. The highest BCUT2D eigenvalue weighted by atomic mass is 19.1. The van der Waals surface area contributed by atoms with Crippen LogP contribution in [-0.2, 0) is 6.54 Å². The summed E-state index contributed by atoms with van der Waals surface area (Å²) in [5.41, 5.74) is 1.59. The molecule has 7 heteroatoms. The van der Waals surface area contributed by atoms with Crippen LogP contribution >= 0.6 is 0 Å². The van der Waals surface area contributed by atoms with Crippen molar-refractivity contribution in [2.45, 2.75) is 13.0 Å². The molecule has 1 saturated heterocycles. The van der Waals surface area contributed by atoms with E-state index in [0.717, 1.165) is 5.56 Å². The SMILES string of the molecule is O=C(NCc1ccccc1)N1CCCN(C(=O)Nc2ccc(F)cc2)CC1. The average molecular weight is 370 g/mol. The van der Waals surface area contributed by atoms with E-state index in [4.69, 9.17) is 0 Å². The lowest BCUT2D eigenvalue weighted by Gasteiger charge is -2.22. The number of halogens is 1. The highest BCUT2D eigenvalue weighted by Crippen LogP contribution is 2.11. The van der Waals surface area contributed by atoms with Crippen LogP contribution in [0.4, 0.5) is 19.7 Å². The molecule has 1 aliphatic heterocycles. The van der Waals surface area contributed by atoms with Crippen molar-refractivity contribution in [2.24, 2.45) is 0 Å². The molecule has 3 rings (SSSR count). The summed E-state index contributed by atoms with van der Waals surface area (Å²) in [6, 6.07) is 15.0. The summed E-state index contributed by atoms with van der Waals surface area (Å²) in [6.45, 7) is 2.56. The number of amides is 4. The Hall–Kier alpha value is -3.09. The number of carbonyl (C=O) groups excluding carboxylic acids is 2. The van der Waals surface area contributed by atoms with Gasteiger partial charge in [0.15, 0.2) is 0 Å². The lowest BCUT2D eigenvalue weighted by molar-refractivity contribution is 0.195. The normalized spacial score (nSPS) is 14.4. The van der Waals surface area contributed by atoms with E-state index in [1.165, 1.54) is 24.3 Å². The molecule has 0 unspecified atom stereocenters. The van der Waals surface area contributed by atoms with Gasteiger partial charge in [-0.3, -0.25) is 0 Å². The number of nitrogens with one attached hydrogen (secondary N) is 2. The summed E-state index contributed by atoms with van der Waals surface area (Å²) in [7, 11) is 0. The van der Waals surface area contributed by atoms with E-state index in [-0.39, 0.29) is 17.9 Å². The fraction of sp³-hybridized carbons (Fsp3) is 0.300. The molecule has 0 spiro atoms. The molecule has 2 N–H and O–H groups in total. The molecular weight excluding hydrogens is 347 g/mol. The lowest BCUT2D eigenvalue weighted by Crippen LogP contribution is -2.43. The third-order valence-corrected chi connectivity index (χ3v) is 4.45. The van der Waals surface area contributed by atoms with Crippen LogP contribution in [0.3, 0.4) is 0 Å². The zero-order valence-electron chi connectivity index (χ0n) is 15.0. The van der Waals surface area contributed by atoms with Gasteiger partial charge in [0.2, 0.25) is 0 Å². The first-order chi connectivity index (χ1) is 13.1. The van der Waals surface area contributed by atoms with Crippen LogP contribution in [-0.4, -0.2) is 48.0 Å². The topological polar surface area (TPSA) is 64.7 Å². The zero-order chi connectivity index (χ0) is 19.1. The van der Waals surface area contributed by atoms with E-state index in [1.807, 2.05) is 30.3 Å². The molecule has 0 radical (unpaired) electrons. The number of hydrogen-bond acceptors (Lipinski definition) is 2. The first-order valence-corrected chi connectivity index (χ1v) is 9.00. The summed E-state index contributed by atoms with van der Waals surface area (Å²) < 4.78 is 13.0. The van der Waals surface area contributed by atoms with Crippen molar-refractivity contribution in [3.05, 3.63) is 66.0 Å². The third-order valence-electron chi connectivity index (χ3n) is 4.45. The Morgan fingerprint density at radius 1 is 0.852 bits per heavy atom. The highest BCUT2D eigenvalue weighted by Gasteiger charge is 2.22. The van der Waals surface area contributed by atoms with Crippen LogP contribution in [0, 0.1) is 5.82 Å². The Balaban J connectivity index is 1.48. The maximum absolute atomic E-state index is 13.0. The summed E-state index contributed by atoms with van der Waals surface area (Å²) in [6.07, 6.45) is 0.704. The Labute approximate surface area is 158 Å². The lowest BCUT2D eigenvalue weighted by atomic mass is 10.2. The largest absolute Gasteiger partial charge is 0.334 e. The van der Waals surface area contributed by atoms with Crippen molar-refractivity contribution in [1.29, 1.82) is 0 Å². The van der Waals surface area contributed by atoms with Gasteiger partial charge >= 0.3 is 12.1 Å². The summed E-state index contributed by atoms with van der Waals surface area (Å²) in [5.74, 6) is -0.347. The van der Waals surface area contributed by atoms with Gasteiger partial charge in [0, 0.05) is 38.4 Å². The maximum Gasteiger partial charge on any atom is 0.321 e. The molecule has 0 bridgehead atoms. The van der Waals surface area contributed by atoms with Gasteiger partial charge in [0.05, 0.1) is 0 Å². The van der Waals surface area contributed by atoms with E-state index in [9.17, 15) is 14.0 Å². The smallest absolute Gasteiger partial charge is 0.321 e. The van der Waals surface area contributed by atoms with Crippen molar-refractivity contribution in [1.82, 2.24) is 15.1 Å². The second kappa shape index (κ2) is 9.02. The molecule has 1 aliphatic rings. The number of carbonyl (C=O) groups is 2. The molecule has 0 atom stereocenters.